The van der Waals surface area contributed by atoms with E-state index in [1.165, 1.54) is 12.5 Å². The Morgan fingerprint density at radius 1 is 1.38 bits per heavy atom. The lowest BCUT2D eigenvalue weighted by molar-refractivity contribution is -0.138. The van der Waals surface area contributed by atoms with Gasteiger partial charge in [-0.1, -0.05) is 29.8 Å². The molecule has 0 aliphatic heterocycles. The van der Waals surface area contributed by atoms with Gasteiger partial charge in [0.1, 0.15) is 17.9 Å². The second-order valence-electron chi connectivity index (χ2n) is 4.56. The molecule has 106 valence electrons. The van der Waals surface area contributed by atoms with Crippen LogP contribution in [-0.4, -0.2) is 30.7 Å². The molecule has 1 unspecified atom stereocenters. The maximum atomic E-state index is 11.6. The summed E-state index contributed by atoms with van der Waals surface area (Å²) in [5.41, 5.74) is 1.58. The lowest BCUT2D eigenvalue weighted by Gasteiger charge is -2.13. The van der Waals surface area contributed by atoms with Gasteiger partial charge in [-0.15, -0.1) is 10.2 Å². The van der Waals surface area contributed by atoms with Gasteiger partial charge in [-0.3, -0.25) is 14.2 Å². The van der Waals surface area contributed by atoms with E-state index < -0.39 is 11.9 Å². The highest BCUT2D eigenvalue weighted by Crippen LogP contribution is 2.26. The molecule has 0 radical (unpaired) electrons. The summed E-state index contributed by atoms with van der Waals surface area (Å²) in [6, 6.07) is 7.17. The van der Waals surface area contributed by atoms with Crippen LogP contribution in [0.5, 0.6) is 0 Å². The van der Waals surface area contributed by atoms with Gasteiger partial charge in [0.05, 0.1) is 0 Å². The van der Waals surface area contributed by atoms with Crippen molar-refractivity contribution in [3.05, 3.63) is 59.3 Å². The van der Waals surface area contributed by atoms with Gasteiger partial charge in [0, 0.05) is 17.4 Å². The Bertz CT molecular complexity index is 802. The van der Waals surface area contributed by atoms with E-state index in [1.54, 1.807) is 22.7 Å². The molecule has 0 amide bonds. The molecular formula is C14H11ClN4O2. The van der Waals surface area contributed by atoms with Crippen LogP contribution in [0.15, 0.2) is 43.0 Å². The molecule has 0 spiro atoms. The van der Waals surface area contributed by atoms with Crippen LogP contribution in [0.3, 0.4) is 0 Å². The first kappa shape index (κ1) is 13.5. The number of hydrogen-bond acceptors (Lipinski definition) is 4. The predicted molar refractivity (Wildman–Crippen MR) is 76.3 cm³/mol. The van der Waals surface area contributed by atoms with Crippen molar-refractivity contribution in [1.82, 2.24) is 19.6 Å². The summed E-state index contributed by atoms with van der Waals surface area (Å²) in [4.78, 5) is 15.8. The molecule has 1 N–H and O–H groups in total. The summed E-state index contributed by atoms with van der Waals surface area (Å²) in [5, 5.41) is 17.8. The number of benzene rings is 1. The lowest BCUT2D eigenvalue weighted by Crippen LogP contribution is -2.17. The van der Waals surface area contributed by atoms with Gasteiger partial charge in [-0.25, -0.2) is 0 Å². The van der Waals surface area contributed by atoms with Crippen LogP contribution in [0.4, 0.5) is 0 Å². The first-order valence-corrected chi connectivity index (χ1v) is 6.65. The van der Waals surface area contributed by atoms with Gasteiger partial charge in [-0.05, 0) is 18.1 Å². The Morgan fingerprint density at radius 3 is 2.95 bits per heavy atom. The molecule has 2 aromatic heterocycles. The summed E-state index contributed by atoms with van der Waals surface area (Å²) in [5.74, 6) is -1.81. The fourth-order valence-electron chi connectivity index (χ4n) is 2.21. The maximum Gasteiger partial charge on any atom is 0.313 e. The average molecular weight is 303 g/mol. The van der Waals surface area contributed by atoms with Gasteiger partial charge >= 0.3 is 5.97 Å². The third-order valence-corrected chi connectivity index (χ3v) is 3.62. The van der Waals surface area contributed by atoms with Crippen LogP contribution in [0.2, 0.25) is 5.02 Å². The van der Waals surface area contributed by atoms with E-state index in [1.807, 2.05) is 12.1 Å². The Kier molecular flexibility index (Phi) is 3.53. The molecule has 0 fully saturated rings. The van der Waals surface area contributed by atoms with Crippen molar-refractivity contribution in [2.45, 2.75) is 12.3 Å². The van der Waals surface area contributed by atoms with Gasteiger partial charge in [0.25, 0.3) is 0 Å². The number of nitrogens with zero attached hydrogens (tertiary/aromatic N) is 4. The molecule has 1 atom stereocenters. The number of fused-ring (bicyclic) bond motifs is 1. The molecule has 2 heterocycles. The number of hydrogen-bond donors (Lipinski definition) is 1. The van der Waals surface area contributed by atoms with Crippen LogP contribution in [-0.2, 0) is 11.2 Å². The molecule has 3 aromatic rings. The predicted octanol–water partition coefficient (Wildman–Crippen LogP) is 2.19. The van der Waals surface area contributed by atoms with Gasteiger partial charge in [0.15, 0.2) is 5.65 Å². The summed E-state index contributed by atoms with van der Waals surface area (Å²) in [6.07, 6.45) is 4.96. The SMILES string of the molecule is O=C(O)C(Cc1ccccc1Cl)c1nccn2cnnc12. The zero-order valence-electron chi connectivity index (χ0n) is 10.8. The molecule has 3 rings (SSSR count). The van der Waals surface area contributed by atoms with E-state index in [2.05, 4.69) is 15.2 Å². The smallest absolute Gasteiger partial charge is 0.313 e. The number of carboxylic acids is 1. The maximum absolute atomic E-state index is 11.6. The zero-order valence-corrected chi connectivity index (χ0v) is 11.6. The molecule has 0 aliphatic rings. The van der Waals surface area contributed by atoms with E-state index in [0.29, 0.717) is 16.4 Å². The first-order valence-electron chi connectivity index (χ1n) is 6.27. The van der Waals surface area contributed by atoms with Crippen molar-refractivity contribution >= 4 is 23.2 Å². The quantitative estimate of drug-likeness (QED) is 0.799. The summed E-state index contributed by atoms with van der Waals surface area (Å²) >= 11 is 6.11. The third-order valence-electron chi connectivity index (χ3n) is 3.25. The number of halogens is 1. The average Bonchev–Trinajstić information content (AvgIpc) is 2.94. The second-order valence-corrected chi connectivity index (χ2v) is 4.97. The van der Waals surface area contributed by atoms with E-state index in [-0.39, 0.29) is 6.42 Å². The van der Waals surface area contributed by atoms with E-state index in [4.69, 9.17) is 11.6 Å². The van der Waals surface area contributed by atoms with Gasteiger partial charge in [0.2, 0.25) is 0 Å². The molecule has 0 saturated carbocycles. The van der Waals surface area contributed by atoms with Crippen molar-refractivity contribution in [1.29, 1.82) is 0 Å². The summed E-state index contributed by atoms with van der Waals surface area (Å²) in [7, 11) is 0. The van der Waals surface area contributed by atoms with E-state index in [0.717, 1.165) is 5.56 Å². The largest absolute Gasteiger partial charge is 0.481 e. The summed E-state index contributed by atoms with van der Waals surface area (Å²) in [6.45, 7) is 0. The zero-order chi connectivity index (χ0) is 14.8. The number of rotatable bonds is 4. The number of carboxylic acid groups (broad SMARTS) is 1. The van der Waals surface area contributed by atoms with Crippen molar-refractivity contribution in [2.75, 3.05) is 0 Å². The minimum absolute atomic E-state index is 0.245. The van der Waals surface area contributed by atoms with Crippen LogP contribution in [0.1, 0.15) is 17.2 Å². The van der Waals surface area contributed by atoms with Crippen molar-refractivity contribution < 1.29 is 9.90 Å². The highest BCUT2D eigenvalue weighted by atomic mass is 35.5. The van der Waals surface area contributed by atoms with Crippen LogP contribution in [0.25, 0.3) is 5.65 Å². The van der Waals surface area contributed by atoms with Crippen LogP contribution >= 0.6 is 11.6 Å². The first-order chi connectivity index (χ1) is 10.2. The van der Waals surface area contributed by atoms with Crippen LogP contribution < -0.4 is 0 Å². The van der Waals surface area contributed by atoms with Crippen molar-refractivity contribution in [3.8, 4) is 0 Å². The molecule has 0 saturated heterocycles. The standard InChI is InChI=1S/C14H11ClN4O2/c15-11-4-2-1-3-9(11)7-10(14(20)21)12-13-18-17-8-19(13)6-5-16-12/h1-6,8,10H,7H2,(H,20,21). The number of carbonyl (C=O) groups is 1. The molecule has 0 aliphatic carbocycles. The highest BCUT2D eigenvalue weighted by Gasteiger charge is 2.26. The van der Waals surface area contributed by atoms with Gasteiger partial charge < -0.3 is 5.11 Å². The highest BCUT2D eigenvalue weighted by molar-refractivity contribution is 6.31. The topological polar surface area (TPSA) is 80.4 Å². The minimum atomic E-state index is -0.974. The monoisotopic (exact) mass is 302 g/mol. The van der Waals surface area contributed by atoms with E-state index >= 15 is 0 Å². The Balaban J connectivity index is 2.05. The Hall–Kier alpha value is -2.47. The van der Waals surface area contributed by atoms with Crippen LogP contribution in [0, 0.1) is 0 Å². The third kappa shape index (κ3) is 2.57. The number of aromatic nitrogens is 4. The summed E-state index contributed by atoms with van der Waals surface area (Å²) < 4.78 is 1.64. The minimum Gasteiger partial charge on any atom is -0.481 e. The molecule has 21 heavy (non-hydrogen) atoms. The second kappa shape index (κ2) is 5.49. The number of aliphatic carboxylic acids is 1. The molecule has 7 heteroatoms. The Labute approximate surface area is 125 Å². The lowest BCUT2D eigenvalue weighted by atomic mass is 9.96. The molecule has 0 bridgehead atoms. The molecular weight excluding hydrogens is 292 g/mol. The fourth-order valence-corrected chi connectivity index (χ4v) is 2.42. The van der Waals surface area contributed by atoms with Crippen molar-refractivity contribution in [2.24, 2.45) is 0 Å². The van der Waals surface area contributed by atoms with Gasteiger partial charge in [-0.2, -0.15) is 0 Å². The van der Waals surface area contributed by atoms with E-state index in [9.17, 15) is 9.90 Å². The molecule has 1 aromatic carbocycles. The molecule has 6 nitrogen and oxygen atoms in total. The fraction of sp³-hybridized carbons (Fsp3) is 0.143. The van der Waals surface area contributed by atoms with Crippen molar-refractivity contribution in [3.63, 3.8) is 0 Å². The normalized spacial score (nSPS) is 12.4. The Morgan fingerprint density at radius 2 is 2.19 bits per heavy atom.